The van der Waals surface area contributed by atoms with Gasteiger partial charge in [0, 0.05) is 16.9 Å². The maximum atomic E-state index is 12.3. The van der Waals surface area contributed by atoms with Gasteiger partial charge in [0.15, 0.2) is 5.11 Å². The van der Waals surface area contributed by atoms with Crippen LogP contribution in [0.4, 0.5) is 11.4 Å². The Labute approximate surface area is 186 Å². The van der Waals surface area contributed by atoms with E-state index in [2.05, 4.69) is 16.0 Å². The Hall–Kier alpha value is -3.71. The molecule has 3 aromatic carbocycles. The molecule has 0 fully saturated rings. The van der Waals surface area contributed by atoms with Crippen LogP contribution in [0.2, 0.25) is 0 Å². The van der Waals surface area contributed by atoms with E-state index in [4.69, 9.17) is 17.0 Å². The first-order chi connectivity index (χ1) is 14.9. The SMILES string of the molecule is COc1ccc(CC(=O)NC(=S)Nc2ccc(NC(=O)c3cccc(C)c3)cc2)cc1. The van der Waals surface area contributed by atoms with E-state index in [1.165, 1.54) is 0 Å². The summed E-state index contributed by atoms with van der Waals surface area (Å²) in [6.07, 6.45) is 0.204. The second-order valence-electron chi connectivity index (χ2n) is 6.93. The van der Waals surface area contributed by atoms with Gasteiger partial charge in [-0.05, 0) is 73.2 Å². The monoisotopic (exact) mass is 433 g/mol. The molecular weight excluding hydrogens is 410 g/mol. The highest BCUT2D eigenvalue weighted by Gasteiger charge is 2.08. The fourth-order valence-electron chi connectivity index (χ4n) is 2.89. The highest BCUT2D eigenvalue weighted by molar-refractivity contribution is 7.80. The molecule has 0 radical (unpaired) electrons. The van der Waals surface area contributed by atoms with Gasteiger partial charge < -0.3 is 20.7 Å². The maximum Gasteiger partial charge on any atom is 0.255 e. The van der Waals surface area contributed by atoms with Crippen molar-refractivity contribution in [1.29, 1.82) is 0 Å². The minimum Gasteiger partial charge on any atom is -0.497 e. The summed E-state index contributed by atoms with van der Waals surface area (Å²) in [5.41, 5.74) is 3.84. The molecule has 0 aliphatic heterocycles. The van der Waals surface area contributed by atoms with Crippen LogP contribution in [-0.4, -0.2) is 24.0 Å². The van der Waals surface area contributed by atoms with Crippen LogP contribution in [0, 0.1) is 6.92 Å². The molecule has 0 aliphatic rings. The van der Waals surface area contributed by atoms with Gasteiger partial charge in [-0.15, -0.1) is 0 Å². The third kappa shape index (κ3) is 6.65. The van der Waals surface area contributed by atoms with E-state index in [0.717, 1.165) is 16.9 Å². The van der Waals surface area contributed by atoms with Crippen LogP contribution in [0.25, 0.3) is 0 Å². The molecule has 7 heteroatoms. The fourth-order valence-corrected chi connectivity index (χ4v) is 3.12. The largest absolute Gasteiger partial charge is 0.497 e. The lowest BCUT2D eigenvalue weighted by molar-refractivity contribution is -0.119. The molecule has 0 heterocycles. The van der Waals surface area contributed by atoms with Crippen molar-refractivity contribution in [2.24, 2.45) is 0 Å². The summed E-state index contributed by atoms with van der Waals surface area (Å²) in [5, 5.41) is 8.68. The number of carbonyl (C=O) groups excluding carboxylic acids is 2. The van der Waals surface area contributed by atoms with E-state index in [9.17, 15) is 9.59 Å². The van der Waals surface area contributed by atoms with Gasteiger partial charge in [0.25, 0.3) is 5.91 Å². The zero-order chi connectivity index (χ0) is 22.2. The molecule has 0 aliphatic carbocycles. The summed E-state index contributed by atoms with van der Waals surface area (Å²) in [4.78, 5) is 24.5. The van der Waals surface area contributed by atoms with Gasteiger partial charge in [0.1, 0.15) is 5.75 Å². The lowest BCUT2D eigenvalue weighted by atomic mass is 10.1. The minimum absolute atomic E-state index is 0.175. The molecule has 0 atom stereocenters. The lowest BCUT2D eigenvalue weighted by Crippen LogP contribution is -2.35. The molecule has 3 aromatic rings. The number of hydrogen-bond donors (Lipinski definition) is 3. The van der Waals surface area contributed by atoms with E-state index in [1.54, 1.807) is 49.6 Å². The van der Waals surface area contributed by atoms with Crippen molar-refractivity contribution in [3.05, 3.63) is 89.5 Å². The second kappa shape index (κ2) is 10.4. The molecule has 0 bridgehead atoms. The van der Waals surface area contributed by atoms with Crippen LogP contribution >= 0.6 is 12.2 Å². The van der Waals surface area contributed by atoms with Crippen molar-refractivity contribution in [3.8, 4) is 5.75 Å². The third-order valence-electron chi connectivity index (χ3n) is 4.46. The average Bonchev–Trinajstić information content (AvgIpc) is 2.75. The normalized spacial score (nSPS) is 10.1. The van der Waals surface area contributed by atoms with E-state index < -0.39 is 0 Å². The standard InChI is InChI=1S/C24H23N3O3S/c1-16-4-3-5-18(14-16)23(29)25-19-8-10-20(11-9-19)26-24(31)27-22(28)15-17-6-12-21(30-2)13-7-17/h3-14H,15H2,1-2H3,(H,25,29)(H2,26,27,28,31). The van der Waals surface area contributed by atoms with Crippen molar-refractivity contribution in [3.63, 3.8) is 0 Å². The first kappa shape index (κ1) is 22.0. The van der Waals surface area contributed by atoms with Crippen LogP contribution in [0.1, 0.15) is 21.5 Å². The van der Waals surface area contributed by atoms with Crippen LogP contribution in [-0.2, 0) is 11.2 Å². The molecule has 158 valence electrons. The van der Waals surface area contributed by atoms with Gasteiger partial charge in [-0.1, -0.05) is 29.8 Å². The predicted molar refractivity (Wildman–Crippen MR) is 127 cm³/mol. The number of ether oxygens (including phenoxy) is 1. The number of carbonyl (C=O) groups is 2. The summed E-state index contributed by atoms with van der Waals surface area (Å²) < 4.78 is 5.11. The number of hydrogen-bond acceptors (Lipinski definition) is 4. The Kier molecular flexibility index (Phi) is 7.35. The predicted octanol–water partition coefficient (Wildman–Crippen LogP) is 4.31. The Balaban J connectivity index is 1.50. The average molecular weight is 434 g/mol. The van der Waals surface area contributed by atoms with Gasteiger partial charge in [0.2, 0.25) is 5.91 Å². The number of methoxy groups -OCH3 is 1. The molecule has 2 amide bonds. The Morgan fingerprint density at radius 3 is 2.16 bits per heavy atom. The summed E-state index contributed by atoms with van der Waals surface area (Å²) >= 11 is 5.21. The molecular formula is C24H23N3O3S. The maximum absolute atomic E-state index is 12.3. The first-order valence-corrected chi connectivity index (χ1v) is 10.1. The van der Waals surface area contributed by atoms with E-state index in [1.807, 2.05) is 37.3 Å². The quantitative estimate of drug-likeness (QED) is 0.505. The number of amides is 2. The van der Waals surface area contributed by atoms with E-state index >= 15 is 0 Å². The number of nitrogens with one attached hydrogen (secondary N) is 3. The van der Waals surface area contributed by atoms with Crippen molar-refractivity contribution >= 4 is 40.5 Å². The fraction of sp³-hybridized carbons (Fsp3) is 0.125. The number of anilines is 2. The smallest absolute Gasteiger partial charge is 0.255 e. The zero-order valence-electron chi connectivity index (χ0n) is 17.3. The highest BCUT2D eigenvalue weighted by Crippen LogP contribution is 2.15. The molecule has 0 unspecified atom stereocenters. The lowest BCUT2D eigenvalue weighted by Gasteiger charge is -2.11. The van der Waals surface area contributed by atoms with Crippen molar-refractivity contribution in [2.45, 2.75) is 13.3 Å². The van der Waals surface area contributed by atoms with E-state index in [0.29, 0.717) is 16.9 Å². The molecule has 0 saturated heterocycles. The second-order valence-corrected chi connectivity index (χ2v) is 7.34. The molecule has 3 rings (SSSR count). The van der Waals surface area contributed by atoms with Crippen molar-refractivity contribution in [2.75, 3.05) is 17.7 Å². The van der Waals surface area contributed by atoms with Gasteiger partial charge in [0.05, 0.1) is 13.5 Å². The van der Waals surface area contributed by atoms with Crippen LogP contribution in [0.3, 0.4) is 0 Å². The molecule has 31 heavy (non-hydrogen) atoms. The van der Waals surface area contributed by atoms with Gasteiger partial charge in [-0.25, -0.2) is 0 Å². The molecule has 3 N–H and O–H groups in total. The van der Waals surface area contributed by atoms with Crippen molar-refractivity contribution < 1.29 is 14.3 Å². The van der Waals surface area contributed by atoms with Crippen LogP contribution in [0.5, 0.6) is 5.75 Å². The number of rotatable bonds is 6. The third-order valence-corrected chi connectivity index (χ3v) is 4.66. The number of thiocarbonyl (C=S) groups is 1. The van der Waals surface area contributed by atoms with Gasteiger partial charge in [-0.2, -0.15) is 0 Å². The first-order valence-electron chi connectivity index (χ1n) is 9.65. The van der Waals surface area contributed by atoms with Crippen LogP contribution < -0.4 is 20.7 Å². The van der Waals surface area contributed by atoms with E-state index in [-0.39, 0.29) is 23.3 Å². The summed E-state index contributed by atoms with van der Waals surface area (Å²) in [7, 11) is 1.59. The Bertz CT molecular complexity index is 1080. The van der Waals surface area contributed by atoms with Gasteiger partial charge >= 0.3 is 0 Å². The highest BCUT2D eigenvalue weighted by atomic mass is 32.1. The number of benzene rings is 3. The molecule has 0 spiro atoms. The minimum atomic E-state index is -0.218. The summed E-state index contributed by atoms with van der Waals surface area (Å²) in [5.74, 6) is 0.343. The molecule has 0 aromatic heterocycles. The van der Waals surface area contributed by atoms with Crippen LogP contribution in [0.15, 0.2) is 72.8 Å². The van der Waals surface area contributed by atoms with Crippen molar-refractivity contribution in [1.82, 2.24) is 5.32 Å². The topological polar surface area (TPSA) is 79.5 Å². The molecule has 6 nitrogen and oxygen atoms in total. The zero-order valence-corrected chi connectivity index (χ0v) is 18.1. The Morgan fingerprint density at radius 1 is 0.903 bits per heavy atom. The summed E-state index contributed by atoms with van der Waals surface area (Å²) in [6, 6.07) is 21.7. The Morgan fingerprint density at radius 2 is 1.55 bits per heavy atom. The van der Waals surface area contributed by atoms with Gasteiger partial charge in [-0.3, -0.25) is 9.59 Å². The summed E-state index contributed by atoms with van der Waals surface area (Å²) in [6.45, 7) is 1.94. The number of aryl methyl sites for hydroxylation is 1. The molecule has 0 saturated carbocycles.